The Hall–Kier alpha value is -4.13. The Morgan fingerprint density at radius 3 is 2.36 bits per heavy atom. The number of nitrogen functional groups attached to an aromatic ring is 1. The molecule has 1 heterocycles. The van der Waals surface area contributed by atoms with Crippen molar-refractivity contribution in [1.29, 1.82) is 0 Å². The molecule has 10 nitrogen and oxygen atoms in total. The third-order valence-corrected chi connectivity index (χ3v) is 9.76. The van der Waals surface area contributed by atoms with E-state index in [-0.39, 0.29) is 34.8 Å². The zero-order valence-corrected chi connectivity index (χ0v) is 29.0. The van der Waals surface area contributed by atoms with E-state index in [1.165, 1.54) is 35.6 Å². The molecule has 1 aromatic heterocycles. The molecule has 4 aromatic rings. The van der Waals surface area contributed by atoms with Crippen LogP contribution in [0.4, 0.5) is 5.69 Å². The number of thiazole rings is 1. The Morgan fingerprint density at radius 1 is 1.02 bits per heavy atom. The van der Waals surface area contributed by atoms with Crippen LogP contribution in [0.2, 0.25) is 5.02 Å². The summed E-state index contributed by atoms with van der Waals surface area (Å²) >= 11 is 7.35. The maximum atomic E-state index is 13.2. The Bertz CT molecular complexity index is 1790. The number of anilines is 1. The lowest BCUT2D eigenvalue weighted by Gasteiger charge is -2.19. The van der Waals surface area contributed by atoms with Gasteiger partial charge in [-0.3, -0.25) is 4.79 Å². The van der Waals surface area contributed by atoms with Crippen LogP contribution in [0.1, 0.15) is 60.7 Å². The van der Waals surface area contributed by atoms with E-state index in [1.54, 1.807) is 49.4 Å². The molecule has 47 heavy (non-hydrogen) atoms. The van der Waals surface area contributed by atoms with Crippen molar-refractivity contribution in [2.24, 2.45) is 0 Å². The number of ether oxygens (including phenoxy) is 3. The van der Waals surface area contributed by atoms with E-state index in [2.05, 4.69) is 31.1 Å². The highest BCUT2D eigenvalue weighted by Crippen LogP contribution is 2.26. The van der Waals surface area contributed by atoms with Crippen LogP contribution < -0.4 is 20.5 Å². The molecule has 1 unspecified atom stereocenters. The molecule has 3 aromatic carbocycles. The maximum Gasteiger partial charge on any atom is 0.369 e. The van der Waals surface area contributed by atoms with Crippen LogP contribution in [0.3, 0.4) is 0 Å². The van der Waals surface area contributed by atoms with Gasteiger partial charge >= 0.3 is 5.97 Å². The van der Waals surface area contributed by atoms with Gasteiger partial charge in [-0.15, -0.1) is 11.3 Å². The van der Waals surface area contributed by atoms with E-state index in [0.717, 1.165) is 16.3 Å². The zero-order valence-electron chi connectivity index (χ0n) is 26.6. The van der Waals surface area contributed by atoms with Crippen LogP contribution in [0, 0.1) is 0 Å². The molecule has 0 aliphatic heterocycles. The molecular formula is C34H38ClN3O7S2. The topological polar surface area (TPSA) is 147 Å². The van der Waals surface area contributed by atoms with Gasteiger partial charge in [0.1, 0.15) is 23.1 Å². The maximum absolute atomic E-state index is 13.2. The third kappa shape index (κ3) is 10.4. The van der Waals surface area contributed by atoms with Crippen molar-refractivity contribution in [2.75, 3.05) is 18.1 Å². The molecule has 0 aliphatic carbocycles. The Kier molecular flexibility index (Phi) is 11.9. The molecule has 1 amide bonds. The summed E-state index contributed by atoms with van der Waals surface area (Å²) in [6.07, 6.45) is -0.541. The predicted octanol–water partition coefficient (Wildman–Crippen LogP) is 6.36. The average Bonchev–Trinajstić information content (AvgIpc) is 3.51. The van der Waals surface area contributed by atoms with Crippen molar-refractivity contribution in [3.05, 3.63) is 99.0 Å². The molecule has 13 heteroatoms. The lowest BCUT2D eigenvalue weighted by Crippen LogP contribution is -2.46. The summed E-state index contributed by atoms with van der Waals surface area (Å²) in [7, 11) is -3.44. The average molecular weight is 700 g/mol. The number of sulfone groups is 1. The lowest BCUT2D eigenvalue weighted by molar-refractivity contribution is -0.152. The van der Waals surface area contributed by atoms with Gasteiger partial charge in [-0.2, -0.15) is 0 Å². The first-order valence-corrected chi connectivity index (χ1v) is 17.8. The van der Waals surface area contributed by atoms with Gasteiger partial charge in [-0.1, -0.05) is 44.5 Å². The molecule has 0 aliphatic rings. The van der Waals surface area contributed by atoms with Crippen LogP contribution >= 0.6 is 22.9 Å². The van der Waals surface area contributed by atoms with Crippen molar-refractivity contribution in [2.45, 2.75) is 63.7 Å². The van der Waals surface area contributed by atoms with Gasteiger partial charge in [0, 0.05) is 33.1 Å². The first kappa shape index (κ1) is 35.7. The van der Waals surface area contributed by atoms with Gasteiger partial charge in [0.15, 0.2) is 9.84 Å². The molecule has 0 radical (unpaired) electrons. The summed E-state index contributed by atoms with van der Waals surface area (Å²) < 4.78 is 42.1. The molecule has 0 saturated carbocycles. The van der Waals surface area contributed by atoms with E-state index in [4.69, 9.17) is 31.5 Å². The fraction of sp³-hybridized carbons (Fsp3) is 0.324. The Morgan fingerprint density at radius 2 is 1.72 bits per heavy atom. The summed E-state index contributed by atoms with van der Waals surface area (Å²) in [6, 6.07) is 17.5. The number of carbonyl (C=O) groups excluding carboxylic acids is 2. The number of nitrogens with zero attached hydrogens (tertiary/aromatic N) is 1. The van der Waals surface area contributed by atoms with E-state index in [1.807, 2.05) is 5.38 Å². The number of carbonyl (C=O) groups is 2. The van der Waals surface area contributed by atoms with Crippen LogP contribution in [0.15, 0.2) is 77.0 Å². The molecule has 1 atom stereocenters. The minimum atomic E-state index is -3.44. The largest absolute Gasteiger partial charge is 0.486 e. The summed E-state index contributed by atoms with van der Waals surface area (Å²) in [6.45, 7) is 8.18. The number of aryl methyl sites for hydroxylation is 1. The number of esters is 1. The number of nitrogens with two attached hydrogens (primary N) is 1. The highest BCUT2D eigenvalue weighted by molar-refractivity contribution is 7.91. The molecule has 0 spiro atoms. The molecule has 0 fully saturated rings. The summed E-state index contributed by atoms with van der Waals surface area (Å²) in [5.74, 6) is -0.758. The first-order chi connectivity index (χ1) is 22.2. The number of nitrogens with one attached hydrogen (secondary N) is 1. The second-order valence-electron chi connectivity index (χ2n) is 11.7. The molecule has 4 rings (SSSR count). The second kappa shape index (κ2) is 15.6. The number of hydrogen-bond donors (Lipinski definition) is 2. The highest BCUT2D eigenvalue weighted by atomic mass is 35.5. The first-order valence-electron chi connectivity index (χ1n) is 14.9. The van der Waals surface area contributed by atoms with Crippen molar-refractivity contribution >= 4 is 50.3 Å². The van der Waals surface area contributed by atoms with E-state index in [9.17, 15) is 18.0 Å². The van der Waals surface area contributed by atoms with E-state index >= 15 is 0 Å². The van der Waals surface area contributed by atoms with Gasteiger partial charge in [0.2, 0.25) is 0 Å². The number of halogens is 1. The fourth-order valence-corrected chi connectivity index (χ4v) is 6.73. The summed E-state index contributed by atoms with van der Waals surface area (Å²) in [4.78, 5) is 30.8. The normalized spacial score (nSPS) is 12.3. The smallest absolute Gasteiger partial charge is 0.369 e. The monoisotopic (exact) mass is 699 g/mol. The SMILES string of the molecule is CCOC(=O)C(NC(=O)c1cc(N)cc(OCc2nc(C(C)(C)C)cs2)c1)Oc1ccc(CCCS(=O)(=O)c2ccc(Cl)cc2)cc1. The van der Waals surface area contributed by atoms with Gasteiger partial charge in [0.25, 0.3) is 12.1 Å². The standard InChI is InChI=1S/C34H38ClN3O7S2/c1-5-43-33(40)32(45-26-12-8-22(9-13-26)7-6-16-47(41,42)28-14-10-24(35)11-15-28)38-31(39)23-17-25(36)19-27(18-23)44-20-30-37-29(21-46-30)34(2,3)4/h8-15,17-19,21,32H,5-7,16,20,36H2,1-4H3,(H,38,39). The number of benzene rings is 3. The van der Waals surface area contributed by atoms with Crippen LogP contribution in [-0.2, 0) is 37.8 Å². The van der Waals surface area contributed by atoms with Gasteiger partial charge in [0.05, 0.1) is 22.9 Å². The second-order valence-corrected chi connectivity index (χ2v) is 15.2. The summed E-state index contributed by atoms with van der Waals surface area (Å²) in [5, 5.41) is 5.82. The molecule has 250 valence electrons. The van der Waals surface area contributed by atoms with Crippen molar-refractivity contribution in [3.8, 4) is 11.5 Å². The lowest BCUT2D eigenvalue weighted by atomic mass is 9.93. The number of hydrogen-bond acceptors (Lipinski definition) is 10. The van der Waals surface area contributed by atoms with Gasteiger partial charge in [-0.05, 0) is 73.9 Å². The molecule has 0 bridgehead atoms. The Balaban J connectivity index is 1.37. The number of rotatable bonds is 14. The van der Waals surface area contributed by atoms with Crippen molar-refractivity contribution < 1.29 is 32.2 Å². The predicted molar refractivity (Wildman–Crippen MR) is 183 cm³/mol. The zero-order chi connectivity index (χ0) is 34.2. The number of aromatic nitrogens is 1. The van der Waals surface area contributed by atoms with Gasteiger partial charge < -0.3 is 25.3 Å². The molecule has 0 saturated heterocycles. The minimum Gasteiger partial charge on any atom is -0.486 e. The van der Waals surface area contributed by atoms with E-state index in [0.29, 0.717) is 35.1 Å². The molecule has 3 N–H and O–H groups in total. The highest BCUT2D eigenvalue weighted by Gasteiger charge is 2.25. The fourth-order valence-electron chi connectivity index (χ4n) is 4.36. The van der Waals surface area contributed by atoms with Crippen LogP contribution in [0.25, 0.3) is 0 Å². The summed E-state index contributed by atoms with van der Waals surface area (Å²) in [5.41, 5.74) is 8.28. The third-order valence-electron chi connectivity index (χ3n) is 6.86. The van der Waals surface area contributed by atoms with Crippen LogP contribution in [0.5, 0.6) is 11.5 Å². The van der Waals surface area contributed by atoms with Crippen LogP contribution in [-0.4, -0.2) is 43.9 Å². The van der Waals surface area contributed by atoms with Crippen molar-refractivity contribution in [1.82, 2.24) is 10.3 Å². The van der Waals surface area contributed by atoms with Gasteiger partial charge in [-0.25, -0.2) is 18.2 Å². The minimum absolute atomic E-state index is 0.0241. The van der Waals surface area contributed by atoms with Crippen molar-refractivity contribution in [3.63, 3.8) is 0 Å². The number of amides is 1. The molecular weight excluding hydrogens is 662 g/mol. The van der Waals surface area contributed by atoms with E-state index < -0.39 is 27.9 Å². The Labute approximate surface area is 284 Å². The quantitative estimate of drug-likeness (QED) is 0.0872.